The number of carbonyl (C=O) groups is 2. The summed E-state index contributed by atoms with van der Waals surface area (Å²) in [7, 11) is -15.4. The monoisotopic (exact) mass is 622 g/mol. The van der Waals surface area contributed by atoms with Crippen LogP contribution in [0.4, 0.5) is 0 Å². The smallest absolute Gasteiger partial charge is 0.353 e. The molecule has 1 aliphatic heterocycles. The van der Waals surface area contributed by atoms with Crippen molar-refractivity contribution < 1.29 is 70.5 Å². The van der Waals surface area contributed by atoms with Crippen LogP contribution < -0.4 is 5.32 Å². The number of benzene rings is 1. The molecule has 1 heterocycles. The Bertz CT molecular complexity index is 1320. The minimum atomic E-state index is -5.50. The van der Waals surface area contributed by atoms with E-state index in [0.717, 1.165) is 12.0 Å². The van der Waals surface area contributed by atoms with Crippen LogP contribution in [0.2, 0.25) is 0 Å². The molecule has 21 heteroatoms. The lowest BCUT2D eigenvalue weighted by molar-refractivity contribution is -0.273. The number of methoxy groups -OCH3 is 1. The Hall–Kier alpha value is -2.31. The third-order valence-electron chi connectivity index (χ3n) is 5.05. The maximum Gasteiger partial charge on any atom is 0.397 e. The van der Waals surface area contributed by atoms with Gasteiger partial charge in [0.25, 0.3) is 5.91 Å². The highest BCUT2D eigenvalue weighted by Crippen LogP contribution is 2.31. The summed E-state index contributed by atoms with van der Waals surface area (Å²) in [6.45, 7) is 0.498. The zero-order valence-corrected chi connectivity index (χ0v) is 22.7. The fourth-order valence-electron chi connectivity index (χ4n) is 3.52. The van der Waals surface area contributed by atoms with Gasteiger partial charge in [-0.15, -0.1) is 0 Å². The zero-order valence-electron chi connectivity index (χ0n) is 20.2. The summed E-state index contributed by atoms with van der Waals surface area (Å²) in [4.78, 5) is 26.4. The average Bonchev–Trinajstić information content (AvgIpc) is 2.81. The van der Waals surface area contributed by atoms with Gasteiger partial charge in [-0.2, -0.15) is 25.3 Å². The Kier molecular flexibility index (Phi) is 11.3. The molecule has 0 saturated carbocycles. The lowest BCUT2D eigenvalue weighted by Gasteiger charge is -2.43. The molecule has 18 nitrogen and oxygen atoms in total. The van der Waals surface area contributed by atoms with Gasteiger partial charge in [0, 0.05) is 25.8 Å². The topological polar surface area (TPSA) is 259 Å². The van der Waals surface area contributed by atoms with Crippen LogP contribution in [-0.2, 0) is 58.0 Å². The molecule has 0 spiro atoms. The molecular weight excluding hydrogens is 596 g/mol. The third-order valence-corrected chi connectivity index (χ3v) is 6.44. The van der Waals surface area contributed by atoms with Gasteiger partial charge < -0.3 is 19.7 Å². The quantitative estimate of drug-likeness (QED) is 0.177. The van der Waals surface area contributed by atoms with Gasteiger partial charge in [0.15, 0.2) is 12.4 Å². The minimum Gasteiger partial charge on any atom is -0.353 e. The first-order chi connectivity index (χ1) is 17.9. The van der Waals surface area contributed by atoms with E-state index in [2.05, 4.69) is 17.9 Å². The molecule has 2 amide bonds. The molecule has 1 aromatic rings. The molecule has 222 valence electrons. The molecule has 1 aliphatic rings. The van der Waals surface area contributed by atoms with Crippen molar-refractivity contribution in [1.29, 1.82) is 0 Å². The van der Waals surface area contributed by atoms with Crippen molar-refractivity contribution in [2.45, 2.75) is 37.6 Å². The first-order valence-corrected chi connectivity index (χ1v) is 14.8. The van der Waals surface area contributed by atoms with Gasteiger partial charge in [0.1, 0.15) is 18.3 Å². The van der Waals surface area contributed by atoms with Crippen molar-refractivity contribution in [3.63, 3.8) is 0 Å². The van der Waals surface area contributed by atoms with E-state index in [0.29, 0.717) is 5.56 Å². The molecule has 2 rings (SSSR count). The summed E-state index contributed by atoms with van der Waals surface area (Å²) in [5.41, 5.74) is 0.294. The molecule has 0 aliphatic carbocycles. The van der Waals surface area contributed by atoms with E-state index in [4.69, 9.17) is 18.6 Å². The predicted octanol–water partition coefficient (Wildman–Crippen LogP) is -1.80. The first kappa shape index (κ1) is 32.9. The molecule has 0 aromatic heterocycles. The van der Waals surface area contributed by atoms with Gasteiger partial charge in [0.05, 0.1) is 6.54 Å². The highest BCUT2D eigenvalue weighted by Gasteiger charge is 2.53. The average molecular weight is 623 g/mol. The second kappa shape index (κ2) is 13.4. The second-order valence-corrected chi connectivity index (χ2v) is 10.9. The number of ether oxygens (including phenoxy) is 2. The summed E-state index contributed by atoms with van der Waals surface area (Å²) in [5, 5.41) is 2.28. The second-order valence-electron chi connectivity index (χ2n) is 7.73. The molecule has 1 fully saturated rings. The van der Waals surface area contributed by atoms with E-state index in [1.807, 2.05) is 0 Å². The predicted molar refractivity (Wildman–Crippen MR) is 126 cm³/mol. The van der Waals surface area contributed by atoms with Crippen molar-refractivity contribution >= 4 is 43.0 Å². The Balaban J connectivity index is 2.31. The fourth-order valence-corrected chi connectivity index (χ4v) is 5.01. The number of hydrogen-bond donors (Lipinski definition) is 4. The van der Waals surface area contributed by atoms with Gasteiger partial charge in [-0.25, -0.2) is 12.5 Å². The van der Waals surface area contributed by atoms with Crippen molar-refractivity contribution in [1.82, 2.24) is 10.2 Å². The molecule has 0 bridgehead atoms. The Labute approximate surface area is 224 Å². The highest BCUT2D eigenvalue weighted by atomic mass is 32.3. The summed E-state index contributed by atoms with van der Waals surface area (Å²) in [5.74, 6) is -1.30. The summed E-state index contributed by atoms with van der Waals surface area (Å²) < 4.78 is 119. The van der Waals surface area contributed by atoms with E-state index in [-0.39, 0.29) is 6.54 Å². The molecular formula is C18H26N2O16S3. The van der Waals surface area contributed by atoms with Crippen LogP contribution in [-0.4, -0.2) is 113 Å². The Morgan fingerprint density at radius 3 is 1.90 bits per heavy atom. The molecule has 4 N–H and O–H groups in total. The lowest BCUT2D eigenvalue weighted by Crippen LogP contribution is -2.63. The summed E-state index contributed by atoms with van der Waals surface area (Å²) in [6.07, 6.45) is -10.8. The van der Waals surface area contributed by atoms with Crippen molar-refractivity contribution in [2.75, 3.05) is 26.7 Å². The standard InChI is InChI=1S/C18H26N2O16S3/c1-3-20(17(22)11-7-5-4-6-8-11)10-13(21)19-9-12-14(34-37(23,24)25)15(35-38(26,27)28)16(18(32-2)33-12)36-39(29,30)31/h4-8,12,14-16,18H,3,9-10H2,1-2H3,(H,19,21)(H,23,24,25)(H,26,27,28)(H,29,30,31)/t12-,14-,15+,16+,18+/m1/s1. The van der Waals surface area contributed by atoms with Gasteiger partial charge in [-0.05, 0) is 19.1 Å². The number of hydrogen-bond acceptors (Lipinski definition) is 13. The van der Waals surface area contributed by atoms with E-state index in [1.54, 1.807) is 25.1 Å². The zero-order chi connectivity index (χ0) is 29.6. The number of carbonyl (C=O) groups excluding carboxylic acids is 2. The number of nitrogens with zero attached hydrogens (tertiary/aromatic N) is 1. The molecule has 1 aromatic carbocycles. The van der Waals surface area contributed by atoms with Crippen LogP contribution in [0.5, 0.6) is 0 Å². The summed E-state index contributed by atoms with van der Waals surface area (Å²) in [6, 6.07) is 7.98. The van der Waals surface area contributed by atoms with Crippen molar-refractivity contribution in [3.8, 4) is 0 Å². The van der Waals surface area contributed by atoms with Crippen LogP contribution >= 0.6 is 0 Å². The number of likely N-dealkylation sites (N-methyl/N-ethyl adjacent to an activating group) is 1. The number of amides is 2. The van der Waals surface area contributed by atoms with Crippen LogP contribution in [0.3, 0.4) is 0 Å². The van der Waals surface area contributed by atoms with Gasteiger partial charge in [-0.3, -0.25) is 23.2 Å². The van der Waals surface area contributed by atoms with E-state index >= 15 is 0 Å². The van der Waals surface area contributed by atoms with Gasteiger partial charge in [0.2, 0.25) is 5.91 Å². The molecule has 0 radical (unpaired) electrons. The Morgan fingerprint density at radius 1 is 0.897 bits per heavy atom. The van der Waals surface area contributed by atoms with Crippen molar-refractivity contribution in [3.05, 3.63) is 35.9 Å². The minimum absolute atomic E-state index is 0.111. The van der Waals surface area contributed by atoms with Crippen LogP contribution in [0.15, 0.2) is 30.3 Å². The number of nitrogens with one attached hydrogen (secondary N) is 1. The molecule has 1 saturated heterocycles. The van der Waals surface area contributed by atoms with E-state index < -0.39 is 86.8 Å². The summed E-state index contributed by atoms with van der Waals surface area (Å²) >= 11 is 0. The van der Waals surface area contributed by atoms with Gasteiger partial charge >= 0.3 is 31.2 Å². The third kappa shape index (κ3) is 10.6. The molecule has 39 heavy (non-hydrogen) atoms. The maximum absolute atomic E-state index is 12.6. The largest absolute Gasteiger partial charge is 0.397 e. The lowest BCUT2D eigenvalue weighted by atomic mass is 9.99. The SMILES string of the molecule is CCN(CC(=O)NC[C@H]1O[C@H](OC)[C@@H](OS(=O)(=O)O)[C@@H](OS(=O)(=O)O)[C@@H]1OS(=O)(=O)O)C(=O)c1ccccc1. The normalized spacial score (nSPS) is 24.2. The van der Waals surface area contributed by atoms with Gasteiger partial charge in [-0.1, -0.05) is 18.2 Å². The maximum atomic E-state index is 12.6. The Morgan fingerprint density at radius 2 is 1.41 bits per heavy atom. The van der Waals surface area contributed by atoms with Crippen LogP contribution in [0, 0.1) is 0 Å². The van der Waals surface area contributed by atoms with Crippen LogP contribution in [0.25, 0.3) is 0 Å². The van der Waals surface area contributed by atoms with E-state index in [9.17, 15) is 39.4 Å². The van der Waals surface area contributed by atoms with Crippen molar-refractivity contribution in [2.24, 2.45) is 0 Å². The molecule has 0 unspecified atom stereocenters. The molecule has 5 atom stereocenters. The van der Waals surface area contributed by atoms with E-state index in [1.165, 1.54) is 12.1 Å². The van der Waals surface area contributed by atoms with Crippen LogP contribution in [0.1, 0.15) is 17.3 Å². The fraction of sp³-hybridized carbons (Fsp3) is 0.556. The number of rotatable bonds is 13. The highest BCUT2D eigenvalue weighted by molar-refractivity contribution is 7.81. The first-order valence-electron chi connectivity index (χ1n) is 10.7.